The van der Waals surface area contributed by atoms with Crippen molar-refractivity contribution in [2.75, 3.05) is 0 Å². The molecule has 0 atom stereocenters. The molecule has 0 radical (unpaired) electrons. The quantitative estimate of drug-likeness (QED) is 0.802. The van der Waals surface area contributed by atoms with Gasteiger partial charge in [0.2, 0.25) is 0 Å². The molecule has 0 aliphatic heterocycles. The van der Waals surface area contributed by atoms with Crippen LogP contribution in [0.3, 0.4) is 0 Å². The van der Waals surface area contributed by atoms with Crippen molar-refractivity contribution in [3.63, 3.8) is 0 Å². The Morgan fingerprint density at radius 2 is 1.53 bits per heavy atom. The molecule has 0 saturated heterocycles. The lowest BCUT2D eigenvalue weighted by Crippen LogP contribution is -1.99. The van der Waals surface area contributed by atoms with Gasteiger partial charge in [0.05, 0.1) is 12.1 Å². The highest BCUT2D eigenvalue weighted by Crippen LogP contribution is 2.34. The molecule has 0 unspecified atom stereocenters. The predicted molar refractivity (Wildman–Crippen MR) is 59.7 cm³/mol. The normalized spacial score (nSPS) is 9.67. The average molecular weight is 239 g/mol. The van der Waals surface area contributed by atoms with Gasteiger partial charge in [-0.15, -0.1) is 0 Å². The van der Waals surface area contributed by atoms with E-state index in [0.717, 1.165) is 0 Å². The maximum Gasteiger partial charge on any atom is 0.0628 e. The van der Waals surface area contributed by atoms with Crippen molar-refractivity contribution < 1.29 is 0 Å². The molecule has 1 aromatic carbocycles. The fourth-order valence-corrected chi connectivity index (χ4v) is 2.10. The Hall–Kier alpha value is -1.22. The first-order chi connectivity index (χ1) is 7.20. The third kappa shape index (κ3) is 2.86. The minimum atomic E-state index is -0.207. The van der Waals surface area contributed by atoms with Crippen LogP contribution in [-0.4, -0.2) is 0 Å². The lowest BCUT2D eigenvalue weighted by atomic mass is 9.93. The molecule has 0 N–H and O–H groups in total. The first-order valence-electron chi connectivity index (χ1n) is 4.38. The van der Waals surface area contributed by atoms with Crippen molar-refractivity contribution >= 4 is 23.2 Å². The third-order valence-corrected chi connectivity index (χ3v) is 2.74. The first-order valence-corrected chi connectivity index (χ1v) is 5.14. The van der Waals surface area contributed by atoms with E-state index in [-0.39, 0.29) is 18.8 Å². The maximum atomic E-state index is 8.66. The summed E-state index contributed by atoms with van der Waals surface area (Å²) in [6.45, 7) is 0. The van der Waals surface area contributed by atoms with Gasteiger partial charge in [-0.3, -0.25) is 0 Å². The van der Waals surface area contributed by atoms with Crippen LogP contribution in [0.15, 0.2) is 18.2 Å². The number of hydrogen-bond donors (Lipinski definition) is 0. The van der Waals surface area contributed by atoms with E-state index in [1.54, 1.807) is 18.2 Å². The molecule has 1 rings (SSSR count). The van der Waals surface area contributed by atoms with E-state index in [2.05, 4.69) is 0 Å². The Morgan fingerprint density at radius 1 is 1.07 bits per heavy atom. The molecule has 0 bridgehead atoms. The Morgan fingerprint density at radius 3 is 1.93 bits per heavy atom. The summed E-state index contributed by atoms with van der Waals surface area (Å²) in [5.74, 6) is -0.207. The van der Waals surface area contributed by atoms with E-state index in [1.165, 1.54) is 0 Å². The molecule has 0 aliphatic carbocycles. The van der Waals surface area contributed by atoms with E-state index in [0.29, 0.717) is 15.6 Å². The molecule has 1 aromatic rings. The predicted octanol–water partition coefficient (Wildman–Crippen LogP) is 3.90. The summed E-state index contributed by atoms with van der Waals surface area (Å²) < 4.78 is 0. The number of nitriles is 2. The molecule has 15 heavy (non-hydrogen) atoms. The molecule has 76 valence electrons. The number of nitrogens with zero attached hydrogens (tertiary/aromatic N) is 2. The zero-order chi connectivity index (χ0) is 11.3. The van der Waals surface area contributed by atoms with Gasteiger partial charge >= 0.3 is 0 Å². The van der Waals surface area contributed by atoms with Crippen molar-refractivity contribution in [1.82, 2.24) is 0 Å². The lowest BCUT2D eigenvalue weighted by Gasteiger charge is -2.13. The fraction of sp³-hybridized carbons (Fsp3) is 0.273. The lowest BCUT2D eigenvalue weighted by molar-refractivity contribution is 0.727. The van der Waals surface area contributed by atoms with Crippen LogP contribution in [0.1, 0.15) is 24.3 Å². The number of rotatable bonds is 3. The van der Waals surface area contributed by atoms with Gasteiger partial charge in [-0.2, -0.15) is 10.5 Å². The molecule has 0 aromatic heterocycles. The highest BCUT2D eigenvalue weighted by atomic mass is 35.5. The van der Waals surface area contributed by atoms with Crippen LogP contribution in [0, 0.1) is 22.7 Å². The topological polar surface area (TPSA) is 47.6 Å². The number of hydrogen-bond acceptors (Lipinski definition) is 2. The molecular weight excluding hydrogens is 231 g/mol. The van der Waals surface area contributed by atoms with E-state index in [4.69, 9.17) is 33.7 Å². The smallest absolute Gasteiger partial charge is 0.0628 e. The Labute approximate surface area is 98.6 Å². The van der Waals surface area contributed by atoms with Gasteiger partial charge in [-0.05, 0) is 17.7 Å². The second-order valence-corrected chi connectivity index (χ2v) is 3.87. The third-order valence-electron chi connectivity index (χ3n) is 2.08. The largest absolute Gasteiger partial charge is 0.198 e. The Kier molecular flexibility index (Phi) is 4.43. The second-order valence-electron chi connectivity index (χ2n) is 3.06. The van der Waals surface area contributed by atoms with Gasteiger partial charge in [0.25, 0.3) is 0 Å². The molecule has 0 aliphatic rings. The van der Waals surface area contributed by atoms with Crippen LogP contribution in [0.25, 0.3) is 0 Å². The zero-order valence-corrected chi connectivity index (χ0v) is 9.39. The van der Waals surface area contributed by atoms with Crippen molar-refractivity contribution in [1.29, 1.82) is 10.5 Å². The molecule has 2 nitrogen and oxygen atoms in total. The van der Waals surface area contributed by atoms with Gasteiger partial charge in [0, 0.05) is 28.8 Å². The van der Waals surface area contributed by atoms with Crippen molar-refractivity contribution in [3.05, 3.63) is 33.8 Å². The van der Waals surface area contributed by atoms with Gasteiger partial charge in [0.15, 0.2) is 0 Å². The molecule has 0 heterocycles. The maximum absolute atomic E-state index is 8.66. The molecular formula is C11H8Cl2N2. The van der Waals surface area contributed by atoms with Gasteiger partial charge in [0.1, 0.15) is 0 Å². The van der Waals surface area contributed by atoms with Crippen LogP contribution in [-0.2, 0) is 0 Å². The highest BCUT2D eigenvalue weighted by Gasteiger charge is 2.17. The summed E-state index contributed by atoms with van der Waals surface area (Å²) in [7, 11) is 0. The standard InChI is InChI=1S/C11H8Cl2N2/c12-9-2-1-3-10(13)11(9)8(4-6-14)5-7-15/h1-3,8H,4-5H2. The van der Waals surface area contributed by atoms with Crippen LogP contribution in [0.2, 0.25) is 10.0 Å². The molecule has 0 amide bonds. The zero-order valence-electron chi connectivity index (χ0n) is 7.87. The van der Waals surface area contributed by atoms with E-state index in [1.807, 2.05) is 12.1 Å². The van der Waals surface area contributed by atoms with Crippen LogP contribution < -0.4 is 0 Å². The van der Waals surface area contributed by atoms with Crippen LogP contribution in [0.5, 0.6) is 0 Å². The number of benzene rings is 1. The molecule has 4 heteroatoms. The summed E-state index contributed by atoms with van der Waals surface area (Å²) in [5, 5.41) is 18.3. The summed E-state index contributed by atoms with van der Waals surface area (Å²) in [6.07, 6.45) is 0.494. The van der Waals surface area contributed by atoms with Crippen LogP contribution in [0.4, 0.5) is 0 Å². The van der Waals surface area contributed by atoms with Gasteiger partial charge in [-0.1, -0.05) is 29.3 Å². The SMILES string of the molecule is N#CCC(CC#N)c1c(Cl)cccc1Cl. The van der Waals surface area contributed by atoms with Crippen molar-refractivity contribution in [2.45, 2.75) is 18.8 Å². The average Bonchev–Trinajstić information content (AvgIpc) is 2.18. The summed E-state index contributed by atoms with van der Waals surface area (Å²) in [5.41, 5.74) is 0.698. The van der Waals surface area contributed by atoms with E-state index >= 15 is 0 Å². The second kappa shape index (κ2) is 5.61. The first kappa shape index (κ1) is 11.9. The monoisotopic (exact) mass is 238 g/mol. The van der Waals surface area contributed by atoms with Gasteiger partial charge < -0.3 is 0 Å². The highest BCUT2D eigenvalue weighted by molar-refractivity contribution is 6.36. The molecule has 0 fully saturated rings. The fourth-order valence-electron chi connectivity index (χ4n) is 1.40. The minimum Gasteiger partial charge on any atom is -0.198 e. The summed E-state index contributed by atoms with van der Waals surface area (Å²) >= 11 is 12.0. The summed E-state index contributed by atoms with van der Waals surface area (Å²) in [6, 6.07) is 9.24. The minimum absolute atomic E-state index is 0.207. The molecule has 0 spiro atoms. The Bertz CT molecular complexity index is 393. The Balaban J connectivity index is 3.12. The van der Waals surface area contributed by atoms with Crippen molar-refractivity contribution in [3.8, 4) is 12.1 Å². The van der Waals surface area contributed by atoms with Gasteiger partial charge in [-0.25, -0.2) is 0 Å². The summed E-state index contributed by atoms with van der Waals surface area (Å²) in [4.78, 5) is 0. The number of halogens is 2. The molecule has 0 saturated carbocycles. The van der Waals surface area contributed by atoms with Crippen LogP contribution >= 0.6 is 23.2 Å². The van der Waals surface area contributed by atoms with Crippen molar-refractivity contribution in [2.24, 2.45) is 0 Å². The van der Waals surface area contributed by atoms with E-state index in [9.17, 15) is 0 Å². The van der Waals surface area contributed by atoms with E-state index < -0.39 is 0 Å².